The normalized spacial score (nSPS) is 22.3. The Labute approximate surface area is 123 Å². The van der Waals surface area contributed by atoms with Crippen molar-refractivity contribution in [2.45, 2.75) is 32.6 Å². The van der Waals surface area contributed by atoms with Crippen LogP contribution in [-0.4, -0.2) is 17.0 Å². The molecule has 20 heavy (non-hydrogen) atoms. The lowest BCUT2D eigenvalue weighted by molar-refractivity contribution is -0.147. The molecule has 1 fully saturated rings. The monoisotopic (exact) mass is 295 g/mol. The van der Waals surface area contributed by atoms with Gasteiger partial charge in [0.05, 0.1) is 11.8 Å². The molecule has 0 radical (unpaired) electrons. The standard InChI is InChI=1S/C15H18ClNO3/c1-9-12(16)7-4-8-13(9)17-14(18)10-5-2-3-6-11(10)15(19)20/h4,7-8,10-11H,2-3,5-6H2,1H3,(H,17,18)(H,19,20)/t10-,11+/m0/s1. The van der Waals surface area contributed by atoms with Gasteiger partial charge in [-0.25, -0.2) is 0 Å². The van der Waals surface area contributed by atoms with E-state index >= 15 is 0 Å². The Balaban J connectivity index is 2.14. The molecule has 1 aromatic carbocycles. The summed E-state index contributed by atoms with van der Waals surface area (Å²) in [5.74, 6) is -2.14. The van der Waals surface area contributed by atoms with Crippen molar-refractivity contribution in [1.82, 2.24) is 0 Å². The summed E-state index contributed by atoms with van der Waals surface area (Å²) in [6.45, 7) is 1.83. The number of carbonyl (C=O) groups is 2. The van der Waals surface area contributed by atoms with Crippen LogP contribution in [0.3, 0.4) is 0 Å². The van der Waals surface area contributed by atoms with E-state index < -0.39 is 17.8 Å². The molecule has 1 aliphatic rings. The fourth-order valence-corrected chi connectivity index (χ4v) is 2.88. The smallest absolute Gasteiger partial charge is 0.307 e. The van der Waals surface area contributed by atoms with Gasteiger partial charge in [0.2, 0.25) is 5.91 Å². The summed E-state index contributed by atoms with van der Waals surface area (Å²) in [6.07, 6.45) is 2.97. The minimum absolute atomic E-state index is 0.220. The first-order valence-corrected chi connectivity index (χ1v) is 7.17. The van der Waals surface area contributed by atoms with Crippen molar-refractivity contribution in [2.75, 3.05) is 5.32 Å². The van der Waals surface area contributed by atoms with Gasteiger partial charge in [-0.3, -0.25) is 9.59 Å². The fourth-order valence-electron chi connectivity index (χ4n) is 2.71. The highest BCUT2D eigenvalue weighted by Crippen LogP contribution is 2.32. The zero-order chi connectivity index (χ0) is 14.7. The van der Waals surface area contributed by atoms with Crippen molar-refractivity contribution in [1.29, 1.82) is 0 Å². The van der Waals surface area contributed by atoms with Crippen molar-refractivity contribution in [3.63, 3.8) is 0 Å². The van der Waals surface area contributed by atoms with Crippen LogP contribution in [-0.2, 0) is 9.59 Å². The first-order chi connectivity index (χ1) is 9.50. The molecule has 1 aromatic rings. The number of aliphatic carboxylic acids is 1. The first-order valence-electron chi connectivity index (χ1n) is 6.79. The molecule has 1 amide bonds. The lowest BCUT2D eigenvalue weighted by Crippen LogP contribution is -2.36. The maximum absolute atomic E-state index is 12.3. The van der Waals surface area contributed by atoms with Gasteiger partial charge in [-0.1, -0.05) is 30.5 Å². The lowest BCUT2D eigenvalue weighted by Gasteiger charge is -2.27. The molecule has 5 heteroatoms. The Bertz CT molecular complexity index is 530. The molecule has 2 N–H and O–H groups in total. The minimum atomic E-state index is -0.882. The average molecular weight is 296 g/mol. The van der Waals surface area contributed by atoms with E-state index in [1.165, 1.54) is 0 Å². The van der Waals surface area contributed by atoms with Crippen LogP contribution in [0.5, 0.6) is 0 Å². The summed E-state index contributed by atoms with van der Waals surface area (Å²) in [6, 6.07) is 5.30. The van der Waals surface area contributed by atoms with E-state index in [4.69, 9.17) is 11.6 Å². The number of carboxylic acid groups (broad SMARTS) is 1. The number of halogens is 1. The molecule has 0 bridgehead atoms. The van der Waals surface area contributed by atoms with Gasteiger partial charge in [-0.15, -0.1) is 0 Å². The molecule has 0 unspecified atom stereocenters. The number of rotatable bonds is 3. The van der Waals surface area contributed by atoms with Crippen LogP contribution in [0.2, 0.25) is 5.02 Å². The van der Waals surface area contributed by atoms with Crippen LogP contribution in [0.4, 0.5) is 5.69 Å². The van der Waals surface area contributed by atoms with Crippen molar-refractivity contribution in [3.05, 3.63) is 28.8 Å². The third kappa shape index (κ3) is 3.12. The van der Waals surface area contributed by atoms with E-state index in [1.807, 2.05) is 6.92 Å². The Morgan fingerprint density at radius 2 is 1.90 bits per heavy atom. The molecule has 1 saturated carbocycles. The number of anilines is 1. The summed E-state index contributed by atoms with van der Waals surface area (Å²) in [5, 5.41) is 12.6. The molecular formula is C15H18ClNO3. The quantitative estimate of drug-likeness (QED) is 0.897. The predicted molar refractivity (Wildman–Crippen MR) is 77.9 cm³/mol. The van der Waals surface area contributed by atoms with Gasteiger partial charge in [0.15, 0.2) is 0 Å². The predicted octanol–water partition coefficient (Wildman–Crippen LogP) is 3.48. The molecule has 4 nitrogen and oxygen atoms in total. The van der Waals surface area contributed by atoms with Crippen LogP contribution in [0.25, 0.3) is 0 Å². The van der Waals surface area contributed by atoms with Gasteiger partial charge in [-0.2, -0.15) is 0 Å². The Kier molecular flexibility index (Phi) is 4.65. The van der Waals surface area contributed by atoms with Crippen molar-refractivity contribution in [2.24, 2.45) is 11.8 Å². The second-order valence-electron chi connectivity index (χ2n) is 5.24. The molecule has 108 valence electrons. The van der Waals surface area contributed by atoms with E-state index in [-0.39, 0.29) is 5.91 Å². The highest BCUT2D eigenvalue weighted by Gasteiger charge is 2.35. The largest absolute Gasteiger partial charge is 0.481 e. The molecule has 0 aromatic heterocycles. The van der Waals surface area contributed by atoms with Gasteiger partial charge in [0, 0.05) is 10.7 Å². The lowest BCUT2D eigenvalue weighted by atomic mass is 9.78. The molecule has 2 atom stereocenters. The Morgan fingerprint density at radius 1 is 1.25 bits per heavy atom. The summed E-state index contributed by atoms with van der Waals surface area (Å²) in [5.41, 5.74) is 1.45. The number of carbonyl (C=O) groups excluding carboxylic acids is 1. The summed E-state index contributed by atoms with van der Waals surface area (Å²) in [7, 11) is 0. The summed E-state index contributed by atoms with van der Waals surface area (Å²) < 4.78 is 0. The SMILES string of the molecule is Cc1c(Cl)cccc1NC(=O)[C@H]1CCCC[C@H]1C(=O)O. The molecule has 1 aliphatic carbocycles. The molecular weight excluding hydrogens is 278 g/mol. The topological polar surface area (TPSA) is 66.4 Å². The minimum Gasteiger partial charge on any atom is -0.481 e. The van der Waals surface area contributed by atoms with Crippen LogP contribution in [0.15, 0.2) is 18.2 Å². The summed E-state index contributed by atoms with van der Waals surface area (Å²) in [4.78, 5) is 23.6. The maximum Gasteiger partial charge on any atom is 0.307 e. The molecule has 0 spiro atoms. The third-order valence-electron chi connectivity index (χ3n) is 3.95. The average Bonchev–Trinajstić information content (AvgIpc) is 2.43. The number of carboxylic acids is 1. The first kappa shape index (κ1) is 14.9. The van der Waals surface area contributed by atoms with Crippen LogP contribution >= 0.6 is 11.6 Å². The molecule has 2 rings (SSSR count). The fraction of sp³-hybridized carbons (Fsp3) is 0.467. The highest BCUT2D eigenvalue weighted by atomic mass is 35.5. The van der Waals surface area contributed by atoms with Gasteiger partial charge in [0.1, 0.15) is 0 Å². The number of nitrogens with one attached hydrogen (secondary N) is 1. The Morgan fingerprint density at radius 3 is 2.55 bits per heavy atom. The van der Waals surface area contributed by atoms with Crippen LogP contribution < -0.4 is 5.32 Å². The van der Waals surface area contributed by atoms with E-state index in [0.29, 0.717) is 23.6 Å². The van der Waals surface area contributed by atoms with Gasteiger partial charge in [-0.05, 0) is 37.5 Å². The van der Waals surface area contributed by atoms with Gasteiger partial charge < -0.3 is 10.4 Å². The third-order valence-corrected chi connectivity index (χ3v) is 4.35. The van der Waals surface area contributed by atoms with Crippen molar-refractivity contribution in [3.8, 4) is 0 Å². The second-order valence-corrected chi connectivity index (χ2v) is 5.64. The number of benzene rings is 1. The number of amides is 1. The van der Waals surface area contributed by atoms with Gasteiger partial charge in [0.25, 0.3) is 0 Å². The van der Waals surface area contributed by atoms with E-state index in [0.717, 1.165) is 18.4 Å². The van der Waals surface area contributed by atoms with Crippen LogP contribution in [0.1, 0.15) is 31.2 Å². The molecule has 0 aliphatic heterocycles. The number of hydrogen-bond donors (Lipinski definition) is 2. The van der Waals surface area contributed by atoms with E-state index in [9.17, 15) is 14.7 Å². The van der Waals surface area contributed by atoms with Crippen LogP contribution in [0, 0.1) is 18.8 Å². The number of hydrogen-bond acceptors (Lipinski definition) is 2. The summed E-state index contributed by atoms with van der Waals surface area (Å²) >= 11 is 6.02. The van der Waals surface area contributed by atoms with Crippen molar-refractivity contribution < 1.29 is 14.7 Å². The zero-order valence-corrected chi connectivity index (χ0v) is 12.1. The second kappa shape index (κ2) is 6.27. The molecule has 0 heterocycles. The van der Waals surface area contributed by atoms with E-state index in [1.54, 1.807) is 18.2 Å². The van der Waals surface area contributed by atoms with E-state index in [2.05, 4.69) is 5.32 Å². The maximum atomic E-state index is 12.3. The van der Waals surface area contributed by atoms with Gasteiger partial charge >= 0.3 is 5.97 Å². The highest BCUT2D eigenvalue weighted by molar-refractivity contribution is 6.31. The Hall–Kier alpha value is -1.55. The molecule has 0 saturated heterocycles. The zero-order valence-electron chi connectivity index (χ0n) is 11.4. The van der Waals surface area contributed by atoms with Crippen molar-refractivity contribution >= 4 is 29.2 Å².